The van der Waals surface area contributed by atoms with Crippen LogP contribution in [0.5, 0.6) is 11.5 Å². The minimum atomic E-state index is 0.200. The van der Waals surface area contributed by atoms with Crippen LogP contribution in [0.25, 0.3) is 0 Å². The maximum absolute atomic E-state index is 10.6. The van der Waals surface area contributed by atoms with Gasteiger partial charge in [-0.1, -0.05) is 13.0 Å². The average Bonchev–Trinajstić information content (AvgIpc) is 2.31. The Balaban J connectivity index is 3.34. The summed E-state index contributed by atoms with van der Waals surface area (Å²) in [6.45, 7) is 6.03. The van der Waals surface area contributed by atoms with Crippen LogP contribution in [0, 0.1) is 13.8 Å². The minimum Gasteiger partial charge on any atom is -0.493 e. The highest BCUT2D eigenvalue weighted by atomic mass is 16.5. The fourth-order valence-corrected chi connectivity index (χ4v) is 2.17. The quantitative estimate of drug-likeness (QED) is 0.737. The number of methoxy groups -OCH3 is 2. The number of hydrogen-bond donors (Lipinski definition) is 0. The van der Waals surface area contributed by atoms with Crippen LogP contribution in [0.4, 0.5) is 0 Å². The van der Waals surface area contributed by atoms with E-state index in [4.69, 9.17) is 9.47 Å². The Kier molecular flexibility index (Phi) is 4.55. The number of ether oxygens (including phenoxy) is 2. The molecule has 1 unspecified atom stereocenters. The molecule has 0 heterocycles. The van der Waals surface area contributed by atoms with Crippen LogP contribution < -0.4 is 9.47 Å². The molecule has 0 fully saturated rings. The number of hydrogen-bond acceptors (Lipinski definition) is 3. The molecule has 0 radical (unpaired) electrons. The highest BCUT2D eigenvalue weighted by molar-refractivity contribution is 5.58. The zero-order chi connectivity index (χ0) is 13.0. The first-order chi connectivity index (χ1) is 8.06. The Morgan fingerprint density at radius 1 is 1.24 bits per heavy atom. The first kappa shape index (κ1) is 13.6. The summed E-state index contributed by atoms with van der Waals surface area (Å²) in [5, 5.41) is 0. The van der Waals surface area contributed by atoms with Gasteiger partial charge in [0.15, 0.2) is 11.5 Å². The number of rotatable bonds is 5. The summed E-state index contributed by atoms with van der Waals surface area (Å²) in [6, 6.07) is 2.07. The van der Waals surface area contributed by atoms with Crippen molar-refractivity contribution in [2.24, 2.45) is 0 Å². The Morgan fingerprint density at radius 2 is 1.82 bits per heavy atom. The number of carbonyl (C=O) groups is 1. The summed E-state index contributed by atoms with van der Waals surface area (Å²) in [4.78, 5) is 10.6. The van der Waals surface area contributed by atoms with Crippen molar-refractivity contribution in [2.75, 3.05) is 14.2 Å². The summed E-state index contributed by atoms with van der Waals surface area (Å²) in [7, 11) is 3.28. The van der Waals surface area contributed by atoms with Crippen molar-refractivity contribution in [3.05, 3.63) is 22.8 Å². The predicted molar refractivity (Wildman–Crippen MR) is 68.1 cm³/mol. The average molecular weight is 236 g/mol. The van der Waals surface area contributed by atoms with Crippen molar-refractivity contribution >= 4 is 6.29 Å². The second-order valence-electron chi connectivity index (χ2n) is 4.28. The number of carbonyl (C=O) groups excluding carboxylic acids is 1. The van der Waals surface area contributed by atoms with Crippen LogP contribution >= 0.6 is 0 Å². The fourth-order valence-electron chi connectivity index (χ4n) is 2.17. The van der Waals surface area contributed by atoms with Gasteiger partial charge in [-0.05, 0) is 36.5 Å². The molecule has 0 aliphatic carbocycles. The van der Waals surface area contributed by atoms with Crippen LogP contribution in [0.3, 0.4) is 0 Å². The Morgan fingerprint density at radius 3 is 2.29 bits per heavy atom. The van der Waals surface area contributed by atoms with E-state index in [1.165, 1.54) is 0 Å². The second kappa shape index (κ2) is 5.71. The summed E-state index contributed by atoms with van der Waals surface area (Å²) < 4.78 is 10.8. The SMILES string of the molecule is COc1c(C)cc(C(C)CC=O)c(C)c1OC. The molecule has 0 N–H and O–H groups in total. The van der Waals surface area contributed by atoms with Gasteiger partial charge in [-0.2, -0.15) is 0 Å². The maximum atomic E-state index is 10.6. The Hall–Kier alpha value is -1.51. The minimum absolute atomic E-state index is 0.200. The zero-order valence-electron chi connectivity index (χ0n) is 11.2. The van der Waals surface area contributed by atoms with Crippen LogP contribution in [0.2, 0.25) is 0 Å². The largest absolute Gasteiger partial charge is 0.493 e. The van der Waals surface area contributed by atoms with Gasteiger partial charge >= 0.3 is 0 Å². The lowest BCUT2D eigenvalue weighted by atomic mass is 9.91. The van der Waals surface area contributed by atoms with Crippen LogP contribution in [0.1, 0.15) is 36.0 Å². The van der Waals surface area contributed by atoms with Crippen LogP contribution in [0.15, 0.2) is 6.07 Å². The van der Waals surface area contributed by atoms with Gasteiger partial charge in [0, 0.05) is 6.42 Å². The van der Waals surface area contributed by atoms with E-state index in [-0.39, 0.29) is 5.92 Å². The predicted octanol–water partition coefficient (Wildman–Crippen LogP) is 3.01. The lowest BCUT2D eigenvalue weighted by Gasteiger charge is -2.19. The Bertz CT molecular complexity index is 410. The molecule has 0 amide bonds. The molecule has 1 rings (SSSR count). The molecule has 0 bridgehead atoms. The molecular weight excluding hydrogens is 216 g/mol. The Labute approximate surface area is 103 Å². The van der Waals surface area contributed by atoms with Gasteiger partial charge < -0.3 is 14.3 Å². The van der Waals surface area contributed by atoms with Crippen LogP contribution in [-0.2, 0) is 4.79 Å². The standard InChI is InChI=1S/C14H20O3/c1-9(6-7-15)12-8-10(2)13(16-4)14(17-5)11(12)3/h7-9H,6H2,1-5H3. The van der Waals surface area contributed by atoms with Gasteiger partial charge in [0.1, 0.15) is 6.29 Å². The van der Waals surface area contributed by atoms with Crippen LogP contribution in [-0.4, -0.2) is 20.5 Å². The van der Waals surface area contributed by atoms with Crippen molar-refractivity contribution in [3.63, 3.8) is 0 Å². The van der Waals surface area contributed by atoms with E-state index in [1.807, 2.05) is 20.8 Å². The molecule has 3 nitrogen and oxygen atoms in total. The highest BCUT2D eigenvalue weighted by Gasteiger charge is 2.17. The molecular formula is C14H20O3. The first-order valence-corrected chi connectivity index (χ1v) is 5.72. The first-order valence-electron chi connectivity index (χ1n) is 5.72. The molecule has 1 atom stereocenters. The van der Waals surface area contributed by atoms with Gasteiger partial charge in [0.05, 0.1) is 14.2 Å². The van der Waals surface area contributed by atoms with Gasteiger partial charge in [-0.25, -0.2) is 0 Å². The van der Waals surface area contributed by atoms with Gasteiger partial charge in [0.25, 0.3) is 0 Å². The monoisotopic (exact) mass is 236 g/mol. The molecule has 0 spiro atoms. The van der Waals surface area contributed by atoms with Crippen molar-refractivity contribution in [3.8, 4) is 11.5 Å². The summed E-state index contributed by atoms with van der Waals surface area (Å²) >= 11 is 0. The lowest BCUT2D eigenvalue weighted by molar-refractivity contribution is -0.108. The van der Waals surface area contributed by atoms with Crippen molar-refractivity contribution in [1.82, 2.24) is 0 Å². The van der Waals surface area contributed by atoms with E-state index in [9.17, 15) is 4.79 Å². The maximum Gasteiger partial charge on any atom is 0.164 e. The summed E-state index contributed by atoms with van der Waals surface area (Å²) in [6.07, 6.45) is 1.48. The van der Waals surface area contributed by atoms with Gasteiger partial charge in [-0.3, -0.25) is 0 Å². The van der Waals surface area contributed by atoms with Crippen molar-refractivity contribution in [2.45, 2.75) is 33.1 Å². The van der Waals surface area contributed by atoms with Crippen molar-refractivity contribution < 1.29 is 14.3 Å². The molecule has 94 valence electrons. The number of aryl methyl sites for hydroxylation is 1. The third kappa shape index (κ3) is 2.60. The second-order valence-corrected chi connectivity index (χ2v) is 4.28. The third-order valence-electron chi connectivity index (χ3n) is 3.10. The number of aldehydes is 1. The molecule has 0 aliphatic rings. The summed E-state index contributed by atoms with van der Waals surface area (Å²) in [5.74, 6) is 1.73. The normalized spacial score (nSPS) is 12.1. The molecule has 0 aliphatic heterocycles. The van der Waals surface area contributed by atoms with E-state index in [0.717, 1.165) is 34.5 Å². The number of benzene rings is 1. The van der Waals surface area contributed by atoms with E-state index < -0.39 is 0 Å². The highest BCUT2D eigenvalue weighted by Crippen LogP contribution is 2.39. The van der Waals surface area contributed by atoms with E-state index >= 15 is 0 Å². The molecule has 3 heteroatoms. The molecule has 0 saturated carbocycles. The molecule has 17 heavy (non-hydrogen) atoms. The topological polar surface area (TPSA) is 35.5 Å². The fraction of sp³-hybridized carbons (Fsp3) is 0.500. The molecule has 0 aromatic heterocycles. The summed E-state index contributed by atoms with van der Waals surface area (Å²) in [5.41, 5.74) is 3.22. The molecule has 1 aromatic rings. The third-order valence-corrected chi connectivity index (χ3v) is 3.10. The zero-order valence-corrected chi connectivity index (χ0v) is 11.2. The van der Waals surface area contributed by atoms with Crippen molar-refractivity contribution in [1.29, 1.82) is 0 Å². The van der Waals surface area contributed by atoms with E-state index in [1.54, 1.807) is 14.2 Å². The smallest absolute Gasteiger partial charge is 0.164 e. The van der Waals surface area contributed by atoms with Gasteiger partial charge in [0.2, 0.25) is 0 Å². The van der Waals surface area contributed by atoms with E-state index in [2.05, 4.69) is 6.07 Å². The van der Waals surface area contributed by atoms with Gasteiger partial charge in [-0.15, -0.1) is 0 Å². The molecule has 0 saturated heterocycles. The van der Waals surface area contributed by atoms with E-state index in [0.29, 0.717) is 6.42 Å². The lowest BCUT2D eigenvalue weighted by Crippen LogP contribution is -2.03. The molecule has 1 aromatic carbocycles.